The monoisotopic (exact) mass is 293 g/mol. The van der Waals surface area contributed by atoms with Crippen LogP contribution in [-0.2, 0) is 0 Å². The van der Waals surface area contributed by atoms with E-state index in [0.29, 0.717) is 5.65 Å². The Balaban J connectivity index is 1.89. The molecule has 0 atom stereocenters. The number of nitrogens with one attached hydrogen (secondary N) is 1. The lowest BCUT2D eigenvalue weighted by Gasteiger charge is -2.35. The van der Waals surface area contributed by atoms with Crippen molar-refractivity contribution >= 4 is 11.6 Å². The first-order valence-electron chi connectivity index (χ1n) is 6.53. The van der Waals surface area contributed by atoms with E-state index in [1.807, 2.05) is 0 Å². The Morgan fingerprint density at radius 2 is 2.19 bits per heavy atom. The Bertz CT molecular complexity index is 777. The van der Waals surface area contributed by atoms with E-state index in [0.717, 1.165) is 5.56 Å². The predicted octanol–water partition coefficient (Wildman–Crippen LogP) is 1.53. The van der Waals surface area contributed by atoms with E-state index in [2.05, 4.69) is 10.3 Å². The van der Waals surface area contributed by atoms with Gasteiger partial charge in [-0.25, -0.2) is 13.8 Å². The highest BCUT2D eigenvalue weighted by Gasteiger charge is 2.46. The van der Waals surface area contributed by atoms with Crippen molar-refractivity contribution in [3.63, 3.8) is 0 Å². The third-order valence-corrected chi connectivity index (χ3v) is 3.60. The molecule has 0 bridgehead atoms. The van der Waals surface area contributed by atoms with Crippen molar-refractivity contribution in [1.82, 2.24) is 14.7 Å². The minimum Gasteiger partial charge on any atom is -0.349 e. The molecule has 2 aromatic heterocycles. The summed E-state index contributed by atoms with van der Waals surface area (Å²) in [6.45, 7) is 1.80. The Hall–Kier alpha value is -2.31. The van der Waals surface area contributed by atoms with Crippen LogP contribution in [0.1, 0.15) is 28.8 Å². The highest BCUT2D eigenvalue weighted by atomic mass is 19.3. The van der Waals surface area contributed by atoms with Crippen LogP contribution in [0.5, 0.6) is 0 Å². The second kappa shape index (κ2) is 4.61. The molecule has 110 valence electrons. The number of rotatable bonds is 2. The number of halogens is 2. The molecule has 0 radical (unpaired) electrons. The van der Waals surface area contributed by atoms with Gasteiger partial charge in [0.05, 0.1) is 0 Å². The van der Waals surface area contributed by atoms with E-state index in [1.165, 1.54) is 16.8 Å². The molecular weight excluding hydrogens is 280 g/mol. The van der Waals surface area contributed by atoms with Gasteiger partial charge < -0.3 is 5.32 Å². The van der Waals surface area contributed by atoms with Crippen LogP contribution in [0.2, 0.25) is 0 Å². The van der Waals surface area contributed by atoms with Crippen molar-refractivity contribution in [2.45, 2.75) is 31.7 Å². The van der Waals surface area contributed by atoms with Crippen molar-refractivity contribution in [3.05, 3.63) is 46.0 Å². The molecule has 7 heteroatoms. The van der Waals surface area contributed by atoms with Crippen LogP contribution in [0.3, 0.4) is 0 Å². The Labute approximate surface area is 118 Å². The van der Waals surface area contributed by atoms with Gasteiger partial charge in [-0.05, 0) is 18.6 Å². The number of aromatic nitrogens is 2. The van der Waals surface area contributed by atoms with Gasteiger partial charge in [0, 0.05) is 31.3 Å². The third-order valence-electron chi connectivity index (χ3n) is 3.60. The second-order valence-electron chi connectivity index (χ2n) is 5.30. The average molecular weight is 293 g/mol. The van der Waals surface area contributed by atoms with Crippen LogP contribution in [0.25, 0.3) is 5.65 Å². The first-order valence-corrected chi connectivity index (χ1v) is 6.53. The number of pyridine rings is 1. The summed E-state index contributed by atoms with van der Waals surface area (Å²) in [5.74, 6) is -3.38. The lowest BCUT2D eigenvalue weighted by molar-refractivity contribution is -0.0901. The average Bonchev–Trinajstić information content (AvgIpc) is 2.38. The standard InChI is InChI=1S/C14H13F2N3O2/c1-8-3-2-4-19-11(8)17-7-10(13(19)21)12(20)18-9-5-14(15,16)6-9/h2-4,7,9H,5-6H2,1H3,(H,18,20). The molecule has 1 amide bonds. The number of hydrogen-bond acceptors (Lipinski definition) is 3. The number of aryl methyl sites for hydroxylation is 1. The van der Waals surface area contributed by atoms with Gasteiger partial charge in [0.25, 0.3) is 17.4 Å². The molecule has 1 aliphatic carbocycles. The minimum atomic E-state index is -2.72. The number of carbonyl (C=O) groups is 1. The molecule has 0 aliphatic heterocycles. The smallest absolute Gasteiger partial charge is 0.270 e. The van der Waals surface area contributed by atoms with Crippen LogP contribution in [0, 0.1) is 6.92 Å². The van der Waals surface area contributed by atoms with Gasteiger partial charge in [0.2, 0.25) is 0 Å². The summed E-state index contributed by atoms with van der Waals surface area (Å²) in [7, 11) is 0. The van der Waals surface area contributed by atoms with Gasteiger partial charge in [-0.2, -0.15) is 0 Å². The molecule has 1 saturated carbocycles. The zero-order valence-corrected chi connectivity index (χ0v) is 11.3. The molecule has 0 saturated heterocycles. The molecule has 21 heavy (non-hydrogen) atoms. The lowest BCUT2D eigenvalue weighted by Crippen LogP contribution is -2.51. The van der Waals surface area contributed by atoms with Crippen molar-refractivity contribution in [3.8, 4) is 0 Å². The Morgan fingerprint density at radius 1 is 1.48 bits per heavy atom. The molecule has 3 rings (SSSR count). The van der Waals surface area contributed by atoms with Gasteiger partial charge in [-0.15, -0.1) is 0 Å². The fourth-order valence-electron chi connectivity index (χ4n) is 2.43. The summed E-state index contributed by atoms with van der Waals surface area (Å²) < 4.78 is 26.8. The zero-order chi connectivity index (χ0) is 15.2. The number of hydrogen-bond donors (Lipinski definition) is 1. The summed E-state index contributed by atoms with van der Waals surface area (Å²) in [4.78, 5) is 28.3. The fourth-order valence-corrected chi connectivity index (χ4v) is 2.43. The van der Waals surface area contributed by atoms with Crippen molar-refractivity contribution in [2.24, 2.45) is 0 Å². The summed E-state index contributed by atoms with van der Waals surface area (Å²) in [5, 5.41) is 2.44. The van der Waals surface area contributed by atoms with Crippen molar-refractivity contribution in [2.75, 3.05) is 0 Å². The zero-order valence-electron chi connectivity index (χ0n) is 11.3. The normalized spacial score (nSPS) is 17.5. The quantitative estimate of drug-likeness (QED) is 0.913. The second-order valence-corrected chi connectivity index (χ2v) is 5.30. The molecule has 2 heterocycles. The molecule has 5 nitrogen and oxygen atoms in total. The molecule has 0 unspecified atom stereocenters. The fraction of sp³-hybridized carbons (Fsp3) is 0.357. The number of fused-ring (bicyclic) bond motifs is 1. The Morgan fingerprint density at radius 3 is 2.86 bits per heavy atom. The molecule has 1 fully saturated rings. The van der Waals surface area contributed by atoms with Crippen molar-refractivity contribution in [1.29, 1.82) is 0 Å². The maximum atomic E-state index is 12.7. The number of nitrogens with zero attached hydrogens (tertiary/aromatic N) is 2. The van der Waals surface area contributed by atoms with E-state index in [4.69, 9.17) is 0 Å². The van der Waals surface area contributed by atoms with E-state index >= 15 is 0 Å². The first-order chi connectivity index (χ1) is 9.87. The van der Waals surface area contributed by atoms with Crippen LogP contribution in [0.4, 0.5) is 8.78 Å². The molecule has 0 aromatic carbocycles. The molecule has 2 aromatic rings. The van der Waals surface area contributed by atoms with Gasteiger partial charge >= 0.3 is 0 Å². The highest BCUT2D eigenvalue weighted by molar-refractivity contribution is 5.94. The largest absolute Gasteiger partial charge is 0.349 e. The van der Waals surface area contributed by atoms with Crippen molar-refractivity contribution < 1.29 is 13.6 Å². The first kappa shape index (κ1) is 13.7. The molecular formula is C14H13F2N3O2. The van der Waals surface area contributed by atoms with Crippen LogP contribution >= 0.6 is 0 Å². The maximum Gasteiger partial charge on any atom is 0.270 e. The van der Waals surface area contributed by atoms with Crippen LogP contribution in [0.15, 0.2) is 29.3 Å². The summed E-state index contributed by atoms with van der Waals surface area (Å²) in [6.07, 6.45) is 1.93. The summed E-state index contributed by atoms with van der Waals surface area (Å²) in [5.41, 5.74) is 0.620. The minimum absolute atomic E-state index is 0.145. The number of amides is 1. The van der Waals surface area contributed by atoms with E-state index in [-0.39, 0.29) is 18.4 Å². The Kier molecular flexibility index (Phi) is 3.00. The third kappa shape index (κ3) is 2.39. The molecule has 1 aliphatic rings. The molecule has 1 N–H and O–H groups in total. The summed E-state index contributed by atoms with van der Waals surface area (Å²) >= 11 is 0. The topological polar surface area (TPSA) is 63.5 Å². The van der Waals surface area contributed by atoms with E-state index < -0.39 is 23.4 Å². The van der Waals surface area contributed by atoms with Gasteiger partial charge in [-0.1, -0.05) is 6.07 Å². The predicted molar refractivity (Wildman–Crippen MR) is 71.6 cm³/mol. The summed E-state index contributed by atoms with van der Waals surface area (Å²) in [6, 6.07) is 2.89. The van der Waals surface area contributed by atoms with Crippen LogP contribution < -0.4 is 10.9 Å². The molecule has 0 spiro atoms. The maximum absolute atomic E-state index is 12.7. The van der Waals surface area contributed by atoms with Gasteiger partial charge in [0.1, 0.15) is 11.2 Å². The van der Waals surface area contributed by atoms with Crippen LogP contribution in [-0.4, -0.2) is 27.3 Å². The SMILES string of the molecule is Cc1cccn2c(=O)c(C(=O)NC3CC(F)(F)C3)cnc12. The van der Waals surface area contributed by atoms with Gasteiger partial charge in [0.15, 0.2) is 0 Å². The number of carbonyl (C=O) groups excluding carboxylic acids is 1. The van der Waals surface area contributed by atoms with E-state index in [1.54, 1.807) is 19.1 Å². The highest BCUT2D eigenvalue weighted by Crippen LogP contribution is 2.37. The van der Waals surface area contributed by atoms with Gasteiger partial charge in [-0.3, -0.25) is 14.0 Å². The van der Waals surface area contributed by atoms with E-state index in [9.17, 15) is 18.4 Å². The lowest BCUT2D eigenvalue weighted by atomic mass is 9.88. The number of alkyl halides is 2.